The third-order valence-corrected chi connectivity index (χ3v) is 1.22. The van der Waals surface area contributed by atoms with Gasteiger partial charge in [-0.1, -0.05) is 0 Å². The predicted molar refractivity (Wildman–Crippen MR) is 70.7 cm³/mol. The van der Waals surface area contributed by atoms with Gasteiger partial charge in [-0.3, -0.25) is 0 Å². The van der Waals surface area contributed by atoms with Gasteiger partial charge in [0.25, 0.3) is 0 Å². The van der Waals surface area contributed by atoms with Gasteiger partial charge in [0.05, 0.1) is 52.9 Å². The van der Waals surface area contributed by atoms with Gasteiger partial charge in [-0.25, -0.2) is 0 Å². The van der Waals surface area contributed by atoms with E-state index in [4.69, 9.17) is 53.1 Å². The van der Waals surface area contributed by atoms with E-state index in [9.17, 15) is 0 Å². The SMILES string of the molecule is O=[P+](O)O.O=[P+](O)O.OCCOCCOCCOCCO. The number of hydrogen-bond donors (Lipinski definition) is 6. The van der Waals surface area contributed by atoms with E-state index in [2.05, 4.69) is 0 Å². The first-order valence-electron chi connectivity index (χ1n) is 5.53. The quantitative estimate of drug-likeness (QED) is 0.193. The van der Waals surface area contributed by atoms with Crippen LogP contribution < -0.4 is 0 Å². The fraction of sp³-hybridized carbons (Fsp3) is 1.00. The standard InChI is InChI=1S/C8H18O5.2HO3P/c9-1-3-11-5-7-13-8-6-12-4-2-10;2*1-4(2)3/h9-10H,1-8H2;2*(H-,1,2,3)/p+2. The molecule has 0 amide bonds. The van der Waals surface area contributed by atoms with Crippen molar-refractivity contribution < 1.29 is 53.1 Å². The fourth-order valence-corrected chi connectivity index (χ4v) is 0.671. The van der Waals surface area contributed by atoms with Crippen molar-refractivity contribution in [1.29, 1.82) is 0 Å². The molecule has 0 unspecified atom stereocenters. The molecule has 0 aromatic carbocycles. The highest BCUT2D eigenvalue weighted by Crippen LogP contribution is 1.98. The summed E-state index contributed by atoms with van der Waals surface area (Å²) in [6.45, 7) is 2.76. The van der Waals surface area contributed by atoms with Gasteiger partial charge in [-0.15, -0.1) is 19.6 Å². The first-order chi connectivity index (χ1) is 9.88. The van der Waals surface area contributed by atoms with Crippen molar-refractivity contribution >= 4 is 16.5 Å². The summed E-state index contributed by atoms with van der Waals surface area (Å²) in [6.07, 6.45) is 0. The predicted octanol–water partition coefficient (Wildman–Crippen LogP) is -1.72. The van der Waals surface area contributed by atoms with E-state index >= 15 is 0 Å². The highest BCUT2D eigenvalue weighted by atomic mass is 31.1. The summed E-state index contributed by atoms with van der Waals surface area (Å²) >= 11 is 0. The maximum Gasteiger partial charge on any atom is 0.692 e. The van der Waals surface area contributed by atoms with Crippen molar-refractivity contribution in [2.75, 3.05) is 52.9 Å². The topological polar surface area (TPSA) is 183 Å². The zero-order valence-electron chi connectivity index (χ0n) is 11.3. The lowest BCUT2D eigenvalue weighted by Crippen LogP contribution is -2.11. The van der Waals surface area contributed by atoms with Crippen LogP contribution in [-0.4, -0.2) is 82.6 Å². The summed E-state index contributed by atoms with van der Waals surface area (Å²) in [7, 11) is -5.74. The maximum absolute atomic E-state index is 8.70. The lowest BCUT2D eigenvalue weighted by atomic mass is 10.7. The molecule has 0 radical (unpaired) electrons. The molecule has 0 saturated carbocycles. The second kappa shape index (κ2) is 24.8. The van der Waals surface area contributed by atoms with Gasteiger partial charge in [-0.2, -0.15) is 0 Å². The average Bonchev–Trinajstić information content (AvgIpc) is 2.35. The maximum atomic E-state index is 8.70. The molecule has 128 valence electrons. The monoisotopic (exact) mass is 356 g/mol. The van der Waals surface area contributed by atoms with Crippen molar-refractivity contribution in [3.05, 3.63) is 0 Å². The van der Waals surface area contributed by atoms with Crippen molar-refractivity contribution in [3.63, 3.8) is 0 Å². The van der Waals surface area contributed by atoms with Crippen molar-refractivity contribution in [2.24, 2.45) is 0 Å². The molecule has 21 heavy (non-hydrogen) atoms. The van der Waals surface area contributed by atoms with Gasteiger partial charge in [0.1, 0.15) is 0 Å². The second-order valence-corrected chi connectivity index (χ2v) is 3.80. The molecule has 0 aliphatic rings. The van der Waals surface area contributed by atoms with E-state index in [1.807, 2.05) is 0 Å². The summed E-state index contributed by atoms with van der Waals surface area (Å²) in [5.41, 5.74) is 0. The zero-order chi connectivity index (χ0) is 16.9. The number of aliphatic hydroxyl groups excluding tert-OH is 2. The highest BCUT2D eigenvalue weighted by Gasteiger charge is 1.93. The number of rotatable bonds is 10. The second-order valence-electron chi connectivity index (χ2n) is 2.79. The molecule has 0 aromatic heterocycles. The molecule has 0 atom stereocenters. The summed E-state index contributed by atoms with van der Waals surface area (Å²) in [6, 6.07) is 0. The van der Waals surface area contributed by atoms with Gasteiger partial charge >= 0.3 is 16.5 Å². The summed E-state index contributed by atoms with van der Waals surface area (Å²) in [4.78, 5) is 28.5. The van der Waals surface area contributed by atoms with Crippen molar-refractivity contribution in [3.8, 4) is 0 Å². The number of hydrogen-bond acceptors (Lipinski definition) is 7. The van der Waals surface area contributed by atoms with E-state index in [1.54, 1.807) is 0 Å². The number of aliphatic hydroxyl groups is 2. The van der Waals surface area contributed by atoms with Crippen LogP contribution in [-0.2, 0) is 23.3 Å². The lowest BCUT2D eigenvalue weighted by molar-refractivity contribution is 0.00230. The van der Waals surface area contributed by atoms with Gasteiger partial charge in [0.15, 0.2) is 0 Å². The summed E-state index contributed by atoms with van der Waals surface area (Å²) in [5.74, 6) is 0. The summed E-state index contributed by atoms with van der Waals surface area (Å²) < 4.78 is 32.4. The van der Waals surface area contributed by atoms with Crippen LogP contribution in [0.25, 0.3) is 0 Å². The van der Waals surface area contributed by atoms with Crippen LogP contribution >= 0.6 is 16.5 Å². The third-order valence-electron chi connectivity index (χ3n) is 1.22. The van der Waals surface area contributed by atoms with E-state index in [1.165, 1.54) is 0 Å². The summed E-state index contributed by atoms with van der Waals surface area (Å²) in [5, 5.41) is 16.7. The first-order valence-corrected chi connectivity index (χ1v) is 7.86. The van der Waals surface area contributed by atoms with Crippen LogP contribution in [0.1, 0.15) is 0 Å². The average molecular weight is 356 g/mol. The van der Waals surface area contributed by atoms with Crippen LogP contribution in [0, 0.1) is 0 Å². The molecule has 13 heteroatoms. The molecule has 11 nitrogen and oxygen atoms in total. The van der Waals surface area contributed by atoms with Gasteiger partial charge < -0.3 is 24.4 Å². The Morgan fingerprint density at radius 1 is 0.571 bits per heavy atom. The fourth-order valence-electron chi connectivity index (χ4n) is 0.671. The largest absolute Gasteiger partial charge is 0.692 e. The van der Waals surface area contributed by atoms with E-state index in [-0.39, 0.29) is 13.2 Å². The van der Waals surface area contributed by atoms with Crippen LogP contribution in [0.4, 0.5) is 0 Å². The molecule has 6 N–H and O–H groups in total. The normalized spacial score (nSPS) is 9.05. The molecule has 0 heterocycles. The van der Waals surface area contributed by atoms with Crippen LogP contribution in [0.3, 0.4) is 0 Å². The Hall–Kier alpha value is -0.160. The van der Waals surface area contributed by atoms with Gasteiger partial charge in [0, 0.05) is 9.13 Å². The first kappa shape index (κ1) is 25.8. The molecule has 0 aliphatic carbocycles. The molecule has 0 spiro atoms. The molecule has 0 bridgehead atoms. The van der Waals surface area contributed by atoms with Crippen LogP contribution in [0.15, 0.2) is 0 Å². The minimum atomic E-state index is -2.87. The third kappa shape index (κ3) is 65.2. The van der Waals surface area contributed by atoms with E-state index < -0.39 is 16.5 Å². The van der Waals surface area contributed by atoms with Crippen molar-refractivity contribution in [1.82, 2.24) is 0 Å². The highest BCUT2D eigenvalue weighted by molar-refractivity contribution is 7.31. The van der Waals surface area contributed by atoms with Gasteiger partial charge in [-0.05, 0) is 0 Å². The van der Waals surface area contributed by atoms with E-state index in [0.717, 1.165) is 0 Å². The Morgan fingerprint density at radius 2 is 0.762 bits per heavy atom. The number of ether oxygens (including phenoxy) is 3. The Morgan fingerprint density at radius 3 is 0.952 bits per heavy atom. The van der Waals surface area contributed by atoms with Crippen molar-refractivity contribution in [2.45, 2.75) is 0 Å². The minimum absolute atomic E-state index is 0.0413. The molecule has 0 aromatic rings. The Bertz CT molecular complexity index is 198. The van der Waals surface area contributed by atoms with Crippen LogP contribution in [0.5, 0.6) is 0 Å². The molecule has 0 aliphatic heterocycles. The molecule has 0 fully saturated rings. The zero-order valence-corrected chi connectivity index (χ0v) is 13.1. The Kier molecular flexibility index (Phi) is 30.5. The van der Waals surface area contributed by atoms with Gasteiger partial charge in [0.2, 0.25) is 0 Å². The minimum Gasteiger partial charge on any atom is -0.394 e. The molecule has 0 rings (SSSR count). The Labute approximate surface area is 123 Å². The molecular weight excluding hydrogens is 334 g/mol. The lowest BCUT2D eigenvalue weighted by Gasteiger charge is -2.04. The molecule has 0 saturated heterocycles. The van der Waals surface area contributed by atoms with E-state index in [0.29, 0.717) is 39.6 Å². The Balaban J connectivity index is -0.000000334. The smallest absolute Gasteiger partial charge is 0.394 e. The molecular formula is C8H22O11P2+2. The van der Waals surface area contributed by atoms with Crippen LogP contribution in [0.2, 0.25) is 0 Å².